The summed E-state index contributed by atoms with van der Waals surface area (Å²) in [6.07, 6.45) is 5.38. The lowest BCUT2D eigenvalue weighted by atomic mass is 10.3. The maximum absolute atomic E-state index is 4.29. The highest BCUT2D eigenvalue weighted by atomic mass is 15.2. The van der Waals surface area contributed by atoms with Crippen LogP contribution in [0.15, 0.2) is 55.1 Å². The van der Waals surface area contributed by atoms with E-state index in [1.807, 2.05) is 54.1 Å². The Kier molecular flexibility index (Phi) is 2.94. The number of hydrogen-bond acceptors (Lipinski definition) is 4. The fraction of sp³-hybridized carbons (Fsp3) is 0.0714. The predicted molar refractivity (Wildman–Crippen MR) is 73.6 cm³/mol. The van der Waals surface area contributed by atoms with Crippen LogP contribution >= 0.6 is 0 Å². The van der Waals surface area contributed by atoms with Gasteiger partial charge in [-0.05, 0) is 25.1 Å². The molecule has 0 aliphatic heterocycles. The minimum absolute atomic E-state index is 0.554. The SMILES string of the molecule is Cc1ccnc(Nc2cn(-c3ccccc3)cn2)n1. The van der Waals surface area contributed by atoms with Gasteiger partial charge in [0.2, 0.25) is 5.95 Å². The average molecular weight is 251 g/mol. The highest BCUT2D eigenvalue weighted by Crippen LogP contribution is 2.13. The predicted octanol–water partition coefficient (Wildman–Crippen LogP) is 2.71. The second kappa shape index (κ2) is 4.89. The minimum Gasteiger partial charge on any atom is -0.307 e. The molecule has 0 atom stereocenters. The molecule has 0 aliphatic carbocycles. The summed E-state index contributed by atoms with van der Waals surface area (Å²) in [5, 5.41) is 3.08. The van der Waals surface area contributed by atoms with E-state index in [0.717, 1.165) is 17.2 Å². The van der Waals surface area contributed by atoms with Gasteiger partial charge in [0.25, 0.3) is 0 Å². The van der Waals surface area contributed by atoms with Crippen LogP contribution in [0.3, 0.4) is 0 Å². The lowest BCUT2D eigenvalue weighted by Crippen LogP contribution is -1.97. The van der Waals surface area contributed by atoms with Crippen molar-refractivity contribution in [2.75, 3.05) is 5.32 Å². The van der Waals surface area contributed by atoms with Crippen molar-refractivity contribution in [2.45, 2.75) is 6.92 Å². The van der Waals surface area contributed by atoms with Crippen molar-refractivity contribution < 1.29 is 0 Å². The number of aromatic nitrogens is 4. The van der Waals surface area contributed by atoms with E-state index in [1.165, 1.54) is 0 Å². The van der Waals surface area contributed by atoms with Gasteiger partial charge in [-0.3, -0.25) is 0 Å². The maximum Gasteiger partial charge on any atom is 0.228 e. The van der Waals surface area contributed by atoms with Gasteiger partial charge >= 0.3 is 0 Å². The molecule has 0 unspecified atom stereocenters. The van der Waals surface area contributed by atoms with Crippen LogP contribution in [0.4, 0.5) is 11.8 Å². The van der Waals surface area contributed by atoms with Crippen molar-refractivity contribution in [3.05, 3.63) is 60.8 Å². The van der Waals surface area contributed by atoms with E-state index in [1.54, 1.807) is 12.5 Å². The number of rotatable bonds is 3. The molecule has 0 fully saturated rings. The first kappa shape index (κ1) is 11.4. The van der Waals surface area contributed by atoms with E-state index in [0.29, 0.717) is 5.95 Å². The third kappa shape index (κ3) is 2.60. The molecule has 1 aromatic carbocycles. The van der Waals surface area contributed by atoms with Gasteiger partial charge in [0.15, 0.2) is 5.82 Å². The number of imidazole rings is 1. The Morgan fingerprint density at radius 2 is 1.89 bits per heavy atom. The van der Waals surface area contributed by atoms with Crippen LogP contribution in [0, 0.1) is 6.92 Å². The third-order valence-corrected chi connectivity index (χ3v) is 2.67. The first-order valence-electron chi connectivity index (χ1n) is 5.97. The zero-order valence-electron chi connectivity index (χ0n) is 10.5. The highest BCUT2D eigenvalue weighted by Gasteiger charge is 2.02. The number of nitrogens with zero attached hydrogens (tertiary/aromatic N) is 4. The van der Waals surface area contributed by atoms with Gasteiger partial charge in [0.05, 0.1) is 6.20 Å². The van der Waals surface area contributed by atoms with E-state index >= 15 is 0 Å². The molecule has 3 aromatic rings. The Morgan fingerprint density at radius 3 is 2.68 bits per heavy atom. The van der Waals surface area contributed by atoms with Gasteiger partial charge in [-0.2, -0.15) is 0 Å². The molecule has 3 rings (SSSR count). The third-order valence-electron chi connectivity index (χ3n) is 2.67. The van der Waals surface area contributed by atoms with Crippen LogP contribution < -0.4 is 5.32 Å². The first-order chi connectivity index (χ1) is 9.31. The van der Waals surface area contributed by atoms with Crippen molar-refractivity contribution in [3.8, 4) is 5.69 Å². The Balaban J connectivity index is 1.82. The van der Waals surface area contributed by atoms with Crippen molar-refractivity contribution in [2.24, 2.45) is 0 Å². The summed E-state index contributed by atoms with van der Waals surface area (Å²) in [4.78, 5) is 12.7. The Morgan fingerprint density at radius 1 is 1.05 bits per heavy atom. The topological polar surface area (TPSA) is 55.6 Å². The molecule has 0 amide bonds. The summed E-state index contributed by atoms with van der Waals surface area (Å²) in [5.41, 5.74) is 1.98. The molecule has 0 aliphatic rings. The zero-order valence-corrected chi connectivity index (χ0v) is 10.5. The monoisotopic (exact) mass is 251 g/mol. The molecule has 5 nitrogen and oxygen atoms in total. The fourth-order valence-corrected chi connectivity index (χ4v) is 1.75. The number of benzene rings is 1. The van der Waals surface area contributed by atoms with E-state index < -0.39 is 0 Å². The summed E-state index contributed by atoms with van der Waals surface area (Å²) in [6.45, 7) is 1.93. The van der Waals surface area contributed by atoms with Crippen molar-refractivity contribution in [3.63, 3.8) is 0 Å². The summed E-state index contributed by atoms with van der Waals surface area (Å²) < 4.78 is 1.94. The molecule has 0 saturated carbocycles. The van der Waals surface area contributed by atoms with Crippen molar-refractivity contribution >= 4 is 11.8 Å². The van der Waals surface area contributed by atoms with Crippen LogP contribution in [0.2, 0.25) is 0 Å². The quantitative estimate of drug-likeness (QED) is 0.777. The largest absolute Gasteiger partial charge is 0.307 e. The smallest absolute Gasteiger partial charge is 0.228 e. The van der Waals surface area contributed by atoms with Gasteiger partial charge in [0.1, 0.15) is 6.33 Å². The Labute approximate surface area is 111 Å². The lowest BCUT2D eigenvalue weighted by molar-refractivity contribution is 1.06. The minimum atomic E-state index is 0.554. The molecular formula is C14H13N5. The molecule has 0 bridgehead atoms. The lowest BCUT2D eigenvalue weighted by Gasteiger charge is -2.01. The molecule has 0 radical (unpaired) electrons. The molecule has 0 saturated heterocycles. The van der Waals surface area contributed by atoms with Crippen molar-refractivity contribution in [1.82, 2.24) is 19.5 Å². The van der Waals surface area contributed by atoms with Crippen LogP contribution in [0.1, 0.15) is 5.69 Å². The van der Waals surface area contributed by atoms with Gasteiger partial charge in [0, 0.05) is 17.6 Å². The molecule has 94 valence electrons. The summed E-state index contributed by atoms with van der Waals surface area (Å²) in [7, 11) is 0. The number of nitrogens with one attached hydrogen (secondary N) is 1. The Bertz CT molecular complexity index is 675. The number of aryl methyl sites for hydroxylation is 1. The standard InChI is InChI=1S/C14H13N5/c1-11-7-8-15-14(17-11)18-13-9-19(10-16-13)12-5-3-2-4-6-12/h2-10H,1H3,(H,15,17,18). The summed E-state index contributed by atoms with van der Waals surface area (Å²) in [5.74, 6) is 1.27. The normalized spacial score (nSPS) is 10.4. The molecule has 0 spiro atoms. The fourth-order valence-electron chi connectivity index (χ4n) is 1.75. The molecular weight excluding hydrogens is 238 g/mol. The molecule has 1 N–H and O–H groups in total. The highest BCUT2D eigenvalue weighted by molar-refractivity contribution is 5.47. The number of hydrogen-bond donors (Lipinski definition) is 1. The zero-order chi connectivity index (χ0) is 13.1. The number of anilines is 2. The van der Waals surface area contributed by atoms with Crippen LogP contribution in [-0.4, -0.2) is 19.5 Å². The van der Waals surface area contributed by atoms with E-state index in [2.05, 4.69) is 20.3 Å². The van der Waals surface area contributed by atoms with Crippen LogP contribution in [0.5, 0.6) is 0 Å². The van der Waals surface area contributed by atoms with Crippen molar-refractivity contribution in [1.29, 1.82) is 0 Å². The van der Waals surface area contributed by atoms with Gasteiger partial charge in [-0.15, -0.1) is 0 Å². The first-order valence-corrected chi connectivity index (χ1v) is 5.97. The van der Waals surface area contributed by atoms with Crippen LogP contribution in [-0.2, 0) is 0 Å². The van der Waals surface area contributed by atoms with Crippen LogP contribution in [0.25, 0.3) is 5.69 Å². The summed E-state index contributed by atoms with van der Waals surface area (Å²) >= 11 is 0. The second-order valence-corrected chi connectivity index (χ2v) is 4.15. The summed E-state index contributed by atoms with van der Waals surface area (Å²) in [6, 6.07) is 11.9. The molecule has 2 aromatic heterocycles. The van der Waals surface area contributed by atoms with E-state index in [4.69, 9.17) is 0 Å². The Hall–Kier alpha value is -2.69. The molecule has 2 heterocycles. The van der Waals surface area contributed by atoms with Gasteiger partial charge in [-0.25, -0.2) is 15.0 Å². The molecule has 5 heteroatoms. The number of para-hydroxylation sites is 1. The van der Waals surface area contributed by atoms with Gasteiger partial charge in [-0.1, -0.05) is 18.2 Å². The maximum atomic E-state index is 4.29. The van der Waals surface area contributed by atoms with E-state index in [9.17, 15) is 0 Å². The average Bonchev–Trinajstić information content (AvgIpc) is 2.88. The molecule has 19 heavy (non-hydrogen) atoms. The van der Waals surface area contributed by atoms with E-state index in [-0.39, 0.29) is 0 Å². The van der Waals surface area contributed by atoms with Gasteiger partial charge < -0.3 is 9.88 Å². The second-order valence-electron chi connectivity index (χ2n) is 4.15.